The highest BCUT2D eigenvalue weighted by Crippen LogP contribution is 2.39. The monoisotopic (exact) mass is 243 g/mol. The van der Waals surface area contributed by atoms with Crippen LogP contribution in [0.2, 0.25) is 0 Å². The molecule has 0 spiro atoms. The van der Waals surface area contributed by atoms with Crippen LogP contribution in [0, 0.1) is 13.8 Å². The Labute approximate surface area is 106 Å². The molecular formula is C14H17N3O. The molecule has 4 nitrogen and oxygen atoms in total. The van der Waals surface area contributed by atoms with Gasteiger partial charge in [-0.1, -0.05) is 0 Å². The average Bonchev–Trinajstić information content (AvgIpc) is 3.06. The molecular weight excluding hydrogens is 226 g/mol. The number of aryl methyl sites for hydroxylation is 2. The van der Waals surface area contributed by atoms with E-state index in [0.29, 0.717) is 5.92 Å². The summed E-state index contributed by atoms with van der Waals surface area (Å²) in [5.41, 5.74) is 4.00. The van der Waals surface area contributed by atoms with Crippen LogP contribution in [-0.4, -0.2) is 19.9 Å². The van der Waals surface area contributed by atoms with Crippen molar-refractivity contribution in [3.8, 4) is 5.82 Å². The zero-order valence-electron chi connectivity index (χ0n) is 10.7. The molecule has 0 aromatic carbocycles. The summed E-state index contributed by atoms with van der Waals surface area (Å²) in [5.74, 6) is 1.39. The van der Waals surface area contributed by atoms with E-state index in [0.717, 1.165) is 28.3 Å². The lowest BCUT2D eigenvalue weighted by molar-refractivity contribution is 0.280. The minimum atomic E-state index is -0.00688. The fourth-order valence-corrected chi connectivity index (χ4v) is 2.28. The topological polar surface area (TPSA) is 50.9 Å². The lowest BCUT2D eigenvalue weighted by atomic mass is 10.1. The minimum absolute atomic E-state index is 0.00688. The van der Waals surface area contributed by atoms with E-state index in [1.807, 2.05) is 26.1 Å². The molecule has 0 unspecified atom stereocenters. The van der Waals surface area contributed by atoms with Gasteiger partial charge in [-0.25, -0.2) is 9.67 Å². The van der Waals surface area contributed by atoms with E-state index in [-0.39, 0.29) is 6.61 Å². The second-order valence-electron chi connectivity index (χ2n) is 5.00. The van der Waals surface area contributed by atoms with Crippen LogP contribution in [0.3, 0.4) is 0 Å². The van der Waals surface area contributed by atoms with Crippen LogP contribution in [0.4, 0.5) is 0 Å². The predicted molar refractivity (Wildman–Crippen MR) is 68.7 cm³/mol. The third-order valence-corrected chi connectivity index (χ3v) is 3.43. The Kier molecular flexibility index (Phi) is 2.67. The number of aliphatic hydroxyl groups excluding tert-OH is 1. The molecule has 1 saturated carbocycles. The van der Waals surface area contributed by atoms with Crippen LogP contribution in [0.1, 0.15) is 41.3 Å². The van der Waals surface area contributed by atoms with Crippen molar-refractivity contribution in [1.82, 2.24) is 14.8 Å². The molecule has 18 heavy (non-hydrogen) atoms. The van der Waals surface area contributed by atoms with Crippen LogP contribution in [0.15, 0.2) is 18.3 Å². The lowest BCUT2D eigenvalue weighted by Gasteiger charge is -2.10. The predicted octanol–water partition coefficient (Wildman–Crippen LogP) is 2.25. The van der Waals surface area contributed by atoms with Gasteiger partial charge >= 0.3 is 0 Å². The molecule has 0 atom stereocenters. The number of nitrogens with zero attached hydrogens (tertiary/aromatic N) is 3. The summed E-state index contributed by atoms with van der Waals surface area (Å²) in [7, 11) is 0. The lowest BCUT2D eigenvalue weighted by Crippen LogP contribution is -2.07. The summed E-state index contributed by atoms with van der Waals surface area (Å²) in [6.07, 6.45) is 4.42. The molecule has 1 aliphatic carbocycles. The molecule has 0 radical (unpaired) electrons. The number of rotatable bonds is 3. The van der Waals surface area contributed by atoms with E-state index in [9.17, 15) is 5.11 Å². The highest BCUT2D eigenvalue weighted by atomic mass is 16.3. The maximum absolute atomic E-state index is 9.50. The first-order chi connectivity index (χ1) is 8.69. The summed E-state index contributed by atoms with van der Waals surface area (Å²) in [5, 5.41) is 14.1. The molecule has 2 aromatic rings. The van der Waals surface area contributed by atoms with Crippen LogP contribution >= 0.6 is 0 Å². The zero-order chi connectivity index (χ0) is 12.7. The Morgan fingerprint density at radius 3 is 2.83 bits per heavy atom. The number of hydrogen-bond acceptors (Lipinski definition) is 3. The normalized spacial score (nSPS) is 15.1. The third kappa shape index (κ3) is 1.93. The molecule has 0 saturated heterocycles. The van der Waals surface area contributed by atoms with Crippen LogP contribution in [0.25, 0.3) is 5.82 Å². The molecule has 0 amide bonds. The molecule has 3 rings (SSSR count). The Bertz CT molecular complexity index is 585. The standard InChI is InChI=1S/C14H17N3O/c1-9-7-10(2)15-14(12(9)8-18)17-6-5-13(16-17)11-3-4-11/h5-7,11,18H,3-4,8H2,1-2H3. The maximum Gasteiger partial charge on any atom is 0.159 e. The summed E-state index contributed by atoms with van der Waals surface area (Å²) in [4.78, 5) is 4.51. The van der Waals surface area contributed by atoms with E-state index in [1.165, 1.54) is 12.8 Å². The van der Waals surface area contributed by atoms with E-state index in [2.05, 4.69) is 16.1 Å². The first kappa shape index (κ1) is 11.4. The first-order valence-corrected chi connectivity index (χ1v) is 6.33. The Morgan fingerprint density at radius 1 is 1.39 bits per heavy atom. The van der Waals surface area contributed by atoms with Gasteiger partial charge in [0.15, 0.2) is 5.82 Å². The number of pyridine rings is 1. The summed E-state index contributed by atoms with van der Waals surface area (Å²) in [6, 6.07) is 4.04. The van der Waals surface area contributed by atoms with Gasteiger partial charge in [-0.3, -0.25) is 0 Å². The van der Waals surface area contributed by atoms with Crippen LogP contribution in [0.5, 0.6) is 0 Å². The van der Waals surface area contributed by atoms with Gasteiger partial charge in [0.2, 0.25) is 0 Å². The van der Waals surface area contributed by atoms with Crippen molar-refractivity contribution in [2.24, 2.45) is 0 Å². The molecule has 1 N–H and O–H groups in total. The molecule has 0 aliphatic heterocycles. The van der Waals surface area contributed by atoms with Gasteiger partial charge in [0.25, 0.3) is 0 Å². The zero-order valence-corrected chi connectivity index (χ0v) is 10.7. The molecule has 2 aromatic heterocycles. The van der Waals surface area contributed by atoms with E-state index >= 15 is 0 Å². The van der Waals surface area contributed by atoms with Gasteiger partial charge in [-0.2, -0.15) is 5.10 Å². The average molecular weight is 243 g/mol. The highest BCUT2D eigenvalue weighted by molar-refractivity contribution is 5.40. The summed E-state index contributed by atoms with van der Waals surface area (Å²) < 4.78 is 1.79. The van der Waals surface area contributed by atoms with Gasteiger partial charge in [0.1, 0.15) is 0 Å². The van der Waals surface area contributed by atoms with Crippen molar-refractivity contribution in [3.05, 3.63) is 40.8 Å². The van der Waals surface area contributed by atoms with Crippen molar-refractivity contribution in [1.29, 1.82) is 0 Å². The Hall–Kier alpha value is -1.68. The largest absolute Gasteiger partial charge is 0.392 e. The maximum atomic E-state index is 9.50. The fraction of sp³-hybridized carbons (Fsp3) is 0.429. The van der Waals surface area contributed by atoms with Crippen molar-refractivity contribution in [2.75, 3.05) is 0 Å². The van der Waals surface area contributed by atoms with Crippen molar-refractivity contribution in [3.63, 3.8) is 0 Å². The molecule has 94 valence electrons. The summed E-state index contributed by atoms with van der Waals surface area (Å²) >= 11 is 0. The fourth-order valence-electron chi connectivity index (χ4n) is 2.28. The quantitative estimate of drug-likeness (QED) is 0.899. The van der Waals surface area contributed by atoms with Gasteiger partial charge in [-0.15, -0.1) is 0 Å². The molecule has 0 bridgehead atoms. The second-order valence-corrected chi connectivity index (χ2v) is 5.00. The minimum Gasteiger partial charge on any atom is -0.392 e. The molecule has 1 fully saturated rings. The highest BCUT2D eigenvalue weighted by Gasteiger charge is 2.26. The third-order valence-electron chi connectivity index (χ3n) is 3.43. The van der Waals surface area contributed by atoms with Gasteiger partial charge in [-0.05, 0) is 44.4 Å². The van der Waals surface area contributed by atoms with Crippen molar-refractivity contribution in [2.45, 2.75) is 39.2 Å². The Balaban J connectivity index is 2.08. The van der Waals surface area contributed by atoms with Gasteiger partial charge < -0.3 is 5.11 Å². The van der Waals surface area contributed by atoms with Gasteiger partial charge in [0.05, 0.1) is 12.3 Å². The molecule has 4 heteroatoms. The second kappa shape index (κ2) is 4.21. The SMILES string of the molecule is Cc1cc(C)c(CO)c(-n2ccc(C3CC3)n2)n1. The van der Waals surface area contributed by atoms with Gasteiger partial charge in [0, 0.05) is 23.4 Å². The van der Waals surface area contributed by atoms with E-state index < -0.39 is 0 Å². The van der Waals surface area contributed by atoms with Crippen LogP contribution < -0.4 is 0 Å². The van der Waals surface area contributed by atoms with E-state index in [4.69, 9.17) is 0 Å². The van der Waals surface area contributed by atoms with Crippen LogP contribution in [-0.2, 0) is 6.61 Å². The number of hydrogen-bond donors (Lipinski definition) is 1. The van der Waals surface area contributed by atoms with Crippen molar-refractivity contribution < 1.29 is 5.11 Å². The number of aromatic nitrogens is 3. The van der Waals surface area contributed by atoms with Crippen molar-refractivity contribution >= 4 is 0 Å². The summed E-state index contributed by atoms with van der Waals surface area (Å²) in [6.45, 7) is 3.95. The molecule has 1 aliphatic rings. The number of aliphatic hydroxyl groups is 1. The Morgan fingerprint density at radius 2 is 2.17 bits per heavy atom. The smallest absolute Gasteiger partial charge is 0.159 e. The van der Waals surface area contributed by atoms with E-state index in [1.54, 1.807) is 4.68 Å². The molecule has 2 heterocycles. The first-order valence-electron chi connectivity index (χ1n) is 6.33.